The summed E-state index contributed by atoms with van der Waals surface area (Å²) in [7, 11) is 0. The number of nitrogens with two attached hydrogens (primary N) is 1. The van der Waals surface area contributed by atoms with Gasteiger partial charge in [0, 0.05) is 6.04 Å². The van der Waals surface area contributed by atoms with Gasteiger partial charge in [-0.1, -0.05) is 0 Å². The minimum absolute atomic E-state index is 0.499. The van der Waals surface area contributed by atoms with Gasteiger partial charge >= 0.3 is 0 Å². The summed E-state index contributed by atoms with van der Waals surface area (Å²) in [4.78, 5) is 0. The first-order valence-corrected chi connectivity index (χ1v) is 6.22. The maximum Gasteiger partial charge on any atom is 0.163 e. The molecule has 3 aliphatic rings. The third kappa shape index (κ3) is 1.18. The fourth-order valence-corrected chi connectivity index (χ4v) is 4.58. The lowest BCUT2D eigenvalue weighted by Crippen LogP contribution is -2.43. The summed E-state index contributed by atoms with van der Waals surface area (Å²) >= 11 is 4.94. The van der Waals surface area contributed by atoms with E-state index < -0.39 is 0 Å². The molecular weight excluding hydrogens is 192 g/mol. The van der Waals surface area contributed by atoms with Gasteiger partial charge in [0.2, 0.25) is 0 Å². The molecule has 3 aliphatic carbocycles. The molecule has 78 valence electrons. The summed E-state index contributed by atoms with van der Waals surface area (Å²) in [5.41, 5.74) is 5.57. The van der Waals surface area contributed by atoms with E-state index in [9.17, 15) is 0 Å². The van der Waals surface area contributed by atoms with Crippen LogP contribution in [0.1, 0.15) is 32.1 Å². The molecule has 2 bridgehead atoms. The van der Waals surface area contributed by atoms with Gasteiger partial charge in [-0.25, -0.2) is 0 Å². The van der Waals surface area contributed by atoms with E-state index in [1.165, 1.54) is 32.1 Å². The molecule has 5 unspecified atom stereocenters. The first-order valence-electron chi connectivity index (χ1n) is 5.81. The Kier molecular flexibility index (Phi) is 1.98. The molecule has 14 heavy (non-hydrogen) atoms. The van der Waals surface area contributed by atoms with Crippen molar-refractivity contribution in [2.75, 3.05) is 0 Å². The lowest BCUT2D eigenvalue weighted by atomic mass is 9.80. The molecule has 5 atom stereocenters. The Balaban J connectivity index is 1.75. The van der Waals surface area contributed by atoms with Gasteiger partial charge in [-0.05, 0) is 68.0 Å². The van der Waals surface area contributed by atoms with E-state index in [1.54, 1.807) is 0 Å². The number of rotatable bonds is 1. The Labute approximate surface area is 90.6 Å². The minimum Gasteiger partial charge on any atom is -0.376 e. The lowest BCUT2D eigenvalue weighted by Gasteiger charge is -2.29. The van der Waals surface area contributed by atoms with Crippen molar-refractivity contribution in [3.05, 3.63) is 0 Å². The second kappa shape index (κ2) is 3.09. The largest absolute Gasteiger partial charge is 0.376 e. The molecule has 3 heteroatoms. The SMILES string of the molecule is NC(=S)NC1CCC2C3CCC(C3)C12. The van der Waals surface area contributed by atoms with Crippen LogP contribution in [0.5, 0.6) is 0 Å². The van der Waals surface area contributed by atoms with Crippen molar-refractivity contribution in [1.82, 2.24) is 5.32 Å². The van der Waals surface area contributed by atoms with Gasteiger partial charge in [-0.15, -0.1) is 0 Å². The number of fused-ring (bicyclic) bond motifs is 5. The Hall–Kier alpha value is -0.310. The average molecular weight is 210 g/mol. The first-order chi connectivity index (χ1) is 6.75. The molecule has 3 fully saturated rings. The van der Waals surface area contributed by atoms with Crippen LogP contribution in [0.3, 0.4) is 0 Å². The van der Waals surface area contributed by atoms with E-state index in [4.69, 9.17) is 18.0 Å². The van der Waals surface area contributed by atoms with Crippen molar-refractivity contribution < 1.29 is 0 Å². The predicted molar refractivity (Wildman–Crippen MR) is 60.8 cm³/mol. The fourth-order valence-electron chi connectivity index (χ4n) is 4.43. The molecule has 0 amide bonds. The molecule has 2 nitrogen and oxygen atoms in total. The normalized spacial score (nSPS) is 49.3. The molecule has 0 aromatic carbocycles. The van der Waals surface area contributed by atoms with Gasteiger partial charge in [-0.3, -0.25) is 0 Å². The molecule has 3 N–H and O–H groups in total. The summed E-state index contributed by atoms with van der Waals surface area (Å²) in [6, 6.07) is 0.604. The van der Waals surface area contributed by atoms with Crippen molar-refractivity contribution >= 4 is 17.3 Å². The third-order valence-electron chi connectivity index (χ3n) is 4.76. The zero-order valence-corrected chi connectivity index (χ0v) is 9.22. The second-order valence-corrected chi connectivity index (χ2v) is 5.71. The van der Waals surface area contributed by atoms with Crippen molar-refractivity contribution in [3.63, 3.8) is 0 Å². The molecule has 0 spiro atoms. The monoisotopic (exact) mass is 210 g/mol. The van der Waals surface area contributed by atoms with Gasteiger partial charge in [0.15, 0.2) is 5.11 Å². The molecule has 3 rings (SSSR count). The molecule has 0 heterocycles. The minimum atomic E-state index is 0.499. The topological polar surface area (TPSA) is 38.0 Å². The second-order valence-electron chi connectivity index (χ2n) is 5.27. The maximum atomic E-state index is 5.57. The van der Waals surface area contributed by atoms with Crippen LogP contribution < -0.4 is 11.1 Å². The Morgan fingerprint density at radius 3 is 2.71 bits per heavy atom. The molecular formula is C11H18N2S. The Bertz CT molecular complexity index is 266. The average Bonchev–Trinajstić information content (AvgIpc) is 2.74. The van der Waals surface area contributed by atoms with Gasteiger partial charge in [-0.2, -0.15) is 0 Å². The van der Waals surface area contributed by atoms with Crippen LogP contribution in [0.25, 0.3) is 0 Å². The lowest BCUT2D eigenvalue weighted by molar-refractivity contribution is 0.236. The van der Waals surface area contributed by atoms with E-state index in [-0.39, 0.29) is 0 Å². The molecule has 0 radical (unpaired) electrons. The molecule has 0 aromatic rings. The van der Waals surface area contributed by atoms with Gasteiger partial charge in [0.25, 0.3) is 0 Å². The highest BCUT2D eigenvalue weighted by Gasteiger charge is 2.53. The summed E-state index contributed by atoms with van der Waals surface area (Å²) in [5, 5.41) is 3.81. The Morgan fingerprint density at radius 2 is 1.93 bits per heavy atom. The molecule has 0 aromatic heterocycles. The highest BCUT2D eigenvalue weighted by molar-refractivity contribution is 7.80. The first kappa shape index (κ1) is 8.96. The van der Waals surface area contributed by atoms with Crippen molar-refractivity contribution in [3.8, 4) is 0 Å². The van der Waals surface area contributed by atoms with Crippen LogP contribution in [0.15, 0.2) is 0 Å². The standard InChI is InChI=1S/C11H18N2S/c12-11(14)13-9-4-3-8-6-1-2-7(5-6)10(8)9/h6-10H,1-5H2,(H3,12,13,14). The molecule has 0 saturated heterocycles. The third-order valence-corrected chi connectivity index (χ3v) is 4.88. The van der Waals surface area contributed by atoms with Crippen molar-refractivity contribution in [1.29, 1.82) is 0 Å². The van der Waals surface area contributed by atoms with Crippen LogP contribution in [0, 0.1) is 23.7 Å². The van der Waals surface area contributed by atoms with Gasteiger partial charge < -0.3 is 11.1 Å². The fraction of sp³-hybridized carbons (Fsp3) is 0.909. The van der Waals surface area contributed by atoms with E-state index >= 15 is 0 Å². The Morgan fingerprint density at radius 1 is 1.14 bits per heavy atom. The smallest absolute Gasteiger partial charge is 0.163 e. The molecule has 3 saturated carbocycles. The summed E-state index contributed by atoms with van der Waals surface area (Å²) < 4.78 is 0. The van der Waals surface area contributed by atoms with E-state index in [0.29, 0.717) is 11.2 Å². The van der Waals surface area contributed by atoms with Gasteiger partial charge in [0.1, 0.15) is 0 Å². The summed E-state index contributed by atoms with van der Waals surface area (Å²) in [6.45, 7) is 0. The van der Waals surface area contributed by atoms with Gasteiger partial charge in [0.05, 0.1) is 0 Å². The number of hydrogen-bond acceptors (Lipinski definition) is 1. The zero-order chi connectivity index (χ0) is 9.71. The van der Waals surface area contributed by atoms with Crippen LogP contribution in [0.4, 0.5) is 0 Å². The van der Waals surface area contributed by atoms with E-state index in [1.807, 2.05) is 0 Å². The highest BCUT2D eigenvalue weighted by Crippen LogP contribution is 2.58. The van der Waals surface area contributed by atoms with E-state index in [2.05, 4.69) is 5.32 Å². The van der Waals surface area contributed by atoms with Crippen LogP contribution in [-0.4, -0.2) is 11.2 Å². The summed E-state index contributed by atoms with van der Waals surface area (Å²) in [5.74, 6) is 3.93. The van der Waals surface area contributed by atoms with Crippen LogP contribution in [0.2, 0.25) is 0 Å². The van der Waals surface area contributed by atoms with E-state index in [0.717, 1.165) is 23.7 Å². The predicted octanol–water partition coefficient (Wildman–Crippen LogP) is 1.64. The van der Waals surface area contributed by atoms with Crippen LogP contribution >= 0.6 is 12.2 Å². The maximum absolute atomic E-state index is 5.57. The quantitative estimate of drug-likeness (QED) is 0.646. The van der Waals surface area contributed by atoms with Crippen molar-refractivity contribution in [2.24, 2.45) is 29.4 Å². The highest BCUT2D eigenvalue weighted by atomic mass is 32.1. The number of nitrogens with one attached hydrogen (secondary N) is 1. The molecule has 0 aliphatic heterocycles. The van der Waals surface area contributed by atoms with Crippen molar-refractivity contribution in [2.45, 2.75) is 38.1 Å². The summed E-state index contributed by atoms with van der Waals surface area (Å²) in [6.07, 6.45) is 7.14. The van der Waals surface area contributed by atoms with Crippen LogP contribution in [-0.2, 0) is 0 Å². The number of thiocarbonyl (C=S) groups is 1. The zero-order valence-electron chi connectivity index (χ0n) is 8.41. The number of hydrogen-bond donors (Lipinski definition) is 2.